The van der Waals surface area contributed by atoms with E-state index >= 15 is 0 Å². The molecule has 4 rings (SSSR count). The highest BCUT2D eigenvalue weighted by Crippen LogP contribution is 2.29. The normalized spacial score (nSPS) is 13.3. The molecule has 192 valence electrons. The second kappa shape index (κ2) is 11.8. The Hall–Kier alpha value is -2.98. The zero-order valence-electron chi connectivity index (χ0n) is 20.4. The molecule has 3 heterocycles. The molecule has 0 aliphatic rings. The molecule has 0 saturated carbocycles. The lowest BCUT2D eigenvalue weighted by Crippen LogP contribution is -2.40. The summed E-state index contributed by atoms with van der Waals surface area (Å²) in [7, 11) is 0. The standard InChI is InChI=1S/C26H31F2N5O2S/c1-2-3-4-5-6-7-8-9-20-13-21-24(36-20)30-18-32(25(21)34)14-26(35,15-33-17-29-16-31-33)22-11-10-19(27)12-23(22)28/h10-13,16-18,35H,2-9,14-15H2,1H3. The van der Waals surface area contributed by atoms with Crippen molar-refractivity contribution < 1.29 is 13.9 Å². The number of fused-ring (bicyclic) bond motifs is 1. The Morgan fingerprint density at radius 3 is 2.53 bits per heavy atom. The molecule has 0 saturated heterocycles. The summed E-state index contributed by atoms with van der Waals surface area (Å²) in [5.74, 6) is -1.67. The summed E-state index contributed by atoms with van der Waals surface area (Å²) in [6, 6.07) is 4.84. The molecule has 0 bridgehead atoms. The first-order valence-electron chi connectivity index (χ1n) is 12.4. The monoisotopic (exact) mass is 515 g/mol. The van der Waals surface area contributed by atoms with Gasteiger partial charge in [0.15, 0.2) is 0 Å². The van der Waals surface area contributed by atoms with Crippen molar-refractivity contribution in [2.45, 2.75) is 77.0 Å². The van der Waals surface area contributed by atoms with E-state index in [4.69, 9.17) is 0 Å². The van der Waals surface area contributed by atoms with Gasteiger partial charge in [0.1, 0.15) is 34.7 Å². The van der Waals surface area contributed by atoms with Crippen LogP contribution in [-0.2, 0) is 25.1 Å². The van der Waals surface area contributed by atoms with Crippen LogP contribution >= 0.6 is 11.3 Å². The minimum absolute atomic E-state index is 0.142. The van der Waals surface area contributed by atoms with Gasteiger partial charge in [0.2, 0.25) is 0 Å². The van der Waals surface area contributed by atoms with Gasteiger partial charge in [0.25, 0.3) is 5.56 Å². The molecule has 36 heavy (non-hydrogen) atoms. The van der Waals surface area contributed by atoms with E-state index in [0.29, 0.717) is 16.3 Å². The lowest BCUT2D eigenvalue weighted by molar-refractivity contribution is -0.00640. The number of aliphatic hydroxyl groups is 1. The highest BCUT2D eigenvalue weighted by molar-refractivity contribution is 7.18. The van der Waals surface area contributed by atoms with Gasteiger partial charge in [-0.05, 0) is 25.0 Å². The number of benzene rings is 1. The first kappa shape index (κ1) is 26.1. The van der Waals surface area contributed by atoms with Crippen molar-refractivity contribution in [3.8, 4) is 0 Å². The Balaban J connectivity index is 1.54. The van der Waals surface area contributed by atoms with Gasteiger partial charge in [-0.3, -0.25) is 9.36 Å². The number of nitrogens with zero attached hydrogens (tertiary/aromatic N) is 5. The summed E-state index contributed by atoms with van der Waals surface area (Å²) >= 11 is 1.50. The highest BCUT2D eigenvalue weighted by atomic mass is 32.1. The van der Waals surface area contributed by atoms with Crippen molar-refractivity contribution >= 4 is 21.6 Å². The van der Waals surface area contributed by atoms with Gasteiger partial charge in [-0.15, -0.1) is 11.3 Å². The molecule has 7 nitrogen and oxygen atoms in total. The lowest BCUT2D eigenvalue weighted by atomic mass is 9.92. The summed E-state index contributed by atoms with van der Waals surface area (Å²) in [4.78, 5) is 23.3. The Kier molecular flexibility index (Phi) is 8.58. The van der Waals surface area contributed by atoms with Crippen molar-refractivity contribution in [2.24, 2.45) is 0 Å². The fraction of sp³-hybridized carbons (Fsp3) is 0.462. The number of hydrogen-bond acceptors (Lipinski definition) is 6. The zero-order valence-corrected chi connectivity index (χ0v) is 21.2. The summed E-state index contributed by atoms with van der Waals surface area (Å²) < 4.78 is 30.9. The van der Waals surface area contributed by atoms with Crippen molar-refractivity contribution in [1.82, 2.24) is 24.3 Å². The Labute approximate surface area is 212 Å². The fourth-order valence-electron chi connectivity index (χ4n) is 4.45. The van der Waals surface area contributed by atoms with E-state index in [-0.39, 0.29) is 24.2 Å². The first-order chi connectivity index (χ1) is 17.4. The van der Waals surface area contributed by atoms with E-state index in [0.717, 1.165) is 30.2 Å². The van der Waals surface area contributed by atoms with Crippen molar-refractivity contribution in [3.63, 3.8) is 0 Å². The number of hydrogen-bond donors (Lipinski definition) is 1. The number of aryl methyl sites for hydroxylation is 1. The number of rotatable bonds is 13. The van der Waals surface area contributed by atoms with E-state index in [2.05, 4.69) is 22.0 Å². The van der Waals surface area contributed by atoms with Gasteiger partial charge in [0, 0.05) is 16.5 Å². The van der Waals surface area contributed by atoms with E-state index < -0.39 is 17.2 Å². The van der Waals surface area contributed by atoms with Crippen LogP contribution in [0.1, 0.15) is 62.3 Å². The number of unbranched alkanes of at least 4 members (excludes halogenated alkanes) is 6. The molecule has 0 fully saturated rings. The van der Waals surface area contributed by atoms with E-state index in [1.54, 1.807) is 0 Å². The van der Waals surface area contributed by atoms with Gasteiger partial charge in [-0.1, -0.05) is 51.5 Å². The van der Waals surface area contributed by atoms with Crippen LogP contribution in [0.4, 0.5) is 8.78 Å². The van der Waals surface area contributed by atoms with Gasteiger partial charge in [-0.2, -0.15) is 5.10 Å². The van der Waals surface area contributed by atoms with Gasteiger partial charge >= 0.3 is 0 Å². The molecule has 3 aromatic heterocycles. The van der Waals surface area contributed by atoms with Crippen LogP contribution in [0.25, 0.3) is 10.2 Å². The third kappa shape index (κ3) is 6.22. The largest absolute Gasteiger partial charge is 0.381 e. The Bertz CT molecular complexity index is 1340. The number of halogens is 2. The van der Waals surface area contributed by atoms with E-state index in [9.17, 15) is 18.7 Å². The summed E-state index contributed by atoms with van der Waals surface area (Å²) in [6.07, 6.45) is 13.5. The molecule has 1 atom stereocenters. The van der Waals surface area contributed by atoms with Crippen molar-refractivity contribution in [1.29, 1.82) is 0 Å². The average Bonchev–Trinajstić information content (AvgIpc) is 3.50. The average molecular weight is 516 g/mol. The van der Waals surface area contributed by atoms with Gasteiger partial charge in [0.05, 0.1) is 24.8 Å². The minimum Gasteiger partial charge on any atom is -0.381 e. The number of aromatic nitrogens is 5. The quantitative estimate of drug-likeness (QED) is 0.247. The molecule has 1 aromatic carbocycles. The second-order valence-electron chi connectivity index (χ2n) is 9.23. The number of thiophene rings is 1. The third-order valence-corrected chi connectivity index (χ3v) is 7.45. The van der Waals surface area contributed by atoms with Crippen molar-refractivity contribution in [3.05, 3.63) is 75.7 Å². The maximum Gasteiger partial charge on any atom is 0.262 e. The van der Waals surface area contributed by atoms with Crippen LogP contribution in [0, 0.1) is 11.6 Å². The summed E-state index contributed by atoms with van der Waals surface area (Å²) in [5, 5.41) is 16.0. The molecule has 10 heteroatoms. The maximum atomic E-state index is 14.7. The topological polar surface area (TPSA) is 85.8 Å². The van der Waals surface area contributed by atoms with Gasteiger partial charge < -0.3 is 5.11 Å². The fourth-order valence-corrected chi connectivity index (χ4v) is 5.48. The molecule has 0 spiro atoms. The van der Waals surface area contributed by atoms with Crippen LogP contribution < -0.4 is 5.56 Å². The molecular weight excluding hydrogens is 484 g/mol. The molecule has 0 amide bonds. The summed E-state index contributed by atoms with van der Waals surface area (Å²) in [6.45, 7) is 1.73. The zero-order chi connectivity index (χ0) is 25.5. The van der Waals surface area contributed by atoms with Crippen LogP contribution in [0.3, 0.4) is 0 Å². The van der Waals surface area contributed by atoms with Crippen LogP contribution in [0.5, 0.6) is 0 Å². The van der Waals surface area contributed by atoms with Crippen LogP contribution in [0.15, 0.2) is 48.0 Å². The van der Waals surface area contributed by atoms with Crippen LogP contribution in [-0.4, -0.2) is 29.4 Å². The SMILES string of the molecule is CCCCCCCCCc1cc2c(=O)n(CC(O)(Cn3cncn3)c3ccc(F)cc3F)cnc2s1. The summed E-state index contributed by atoms with van der Waals surface area (Å²) in [5.41, 5.74) is -2.36. The maximum absolute atomic E-state index is 14.7. The third-order valence-electron chi connectivity index (χ3n) is 6.35. The first-order valence-corrected chi connectivity index (χ1v) is 13.2. The highest BCUT2D eigenvalue weighted by Gasteiger charge is 2.35. The molecule has 0 radical (unpaired) electrons. The van der Waals surface area contributed by atoms with E-state index in [1.807, 2.05) is 6.07 Å². The lowest BCUT2D eigenvalue weighted by Gasteiger charge is -2.29. The Morgan fingerprint density at radius 2 is 1.81 bits per heavy atom. The minimum atomic E-state index is -1.90. The molecule has 0 aliphatic carbocycles. The van der Waals surface area contributed by atoms with Gasteiger partial charge in [-0.25, -0.2) is 23.4 Å². The predicted molar refractivity (Wildman–Crippen MR) is 136 cm³/mol. The molecule has 1 unspecified atom stereocenters. The van der Waals surface area contributed by atoms with E-state index in [1.165, 1.54) is 77.7 Å². The molecule has 4 aromatic rings. The molecular formula is C26H31F2N5O2S. The second-order valence-corrected chi connectivity index (χ2v) is 10.3. The smallest absolute Gasteiger partial charge is 0.262 e. The molecule has 1 N–H and O–H groups in total. The molecule has 0 aliphatic heterocycles. The van der Waals surface area contributed by atoms with Crippen molar-refractivity contribution in [2.75, 3.05) is 0 Å². The Morgan fingerprint density at radius 1 is 1.03 bits per heavy atom. The predicted octanol–water partition coefficient (Wildman–Crippen LogP) is 5.21. The van der Waals surface area contributed by atoms with Crippen LogP contribution in [0.2, 0.25) is 0 Å².